The lowest BCUT2D eigenvalue weighted by Crippen LogP contribution is -1.93. The van der Waals surface area contributed by atoms with Gasteiger partial charge in [0.2, 0.25) is 0 Å². The number of hydrogen-bond donors (Lipinski definition) is 2. The highest BCUT2D eigenvalue weighted by atomic mass is 16.4. The first-order valence-corrected chi connectivity index (χ1v) is 5.74. The molecule has 4 heteroatoms. The molecule has 0 aromatic heterocycles. The van der Waals surface area contributed by atoms with Crippen LogP contribution in [0.3, 0.4) is 0 Å². The van der Waals surface area contributed by atoms with E-state index in [4.69, 9.17) is 10.2 Å². The van der Waals surface area contributed by atoms with Gasteiger partial charge in [0.05, 0.1) is 0 Å². The molecule has 0 bridgehead atoms. The molecule has 16 heavy (non-hydrogen) atoms. The average molecular weight is 228 g/mol. The maximum absolute atomic E-state index is 10.2. The van der Waals surface area contributed by atoms with E-state index in [-0.39, 0.29) is 6.42 Å². The molecule has 0 aromatic rings. The summed E-state index contributed by atoms with van der Waals surface area (Å²) < 4.78 is 0. The molecule has 0 aliphatic heterocycles. The van der Waals surface area contributed by atoms with Gasteiger partial charge in [-0.05, 0) is 19.3 Å². The fourth-order valence-electron chi connectivity index (χ4n) is 1.43. The van der Waals surface area contributed by atoms with Crippen molar-refractivity contribution < 1.29 is 19.8 Å². The summed E-state index contributed by atoms with van der Waals surface area (Å²) >= 11 is 0. The molecule has 0 saturated carbocycles. The maximum atomic E-state index is 10.2. The fourth-order valence-corrected chi connectivity index (χ4v) is 1.43. The van der Waals surface area contributed by atoms with Gasteiger partial charge in [-0.3, -0.25) is 4.79 Å². The van der Waals surface area contributed by atoms with Crippen LogP contribution in [0.2, 0.25) is 0 Å². The molecular weight excluding hydrogens is 208 g/mol. The molecule has 0 aromatic carbocycles. The summed E-state index contributed by atoms with van der Waals surface area (Å²) in [5.74, 6) is -1.62. The zero-order valence-corrected chi connectivity index (χ0v) is 9.52. The first-order valence-electron chi connectivity index (χ1n) is 5.74. The second-order valence-electron chi connectivity index (χ2n) is 3.79. The summed E-state index contributed by atoms with van der Waals surface area (Å²) in [4.78, 5) is 20.3. The van der Waals surface area contributed by atoms with Gasteiger partial charge in [0.1, 0.15) is 0 Å². The highest BCUT2D eigenvalue weighted by Crippen LogP contribution is 2.08. The van der Waals surface area contributed by atoms with Crippen molar-refractivity contribution in [1.29, 1.82) is 0 Å². The molecule has 0 heterocycles. The van der Waals surface area contributed by atoms with Crippen molar-refractivity contribution in [3.63, 3.8) is 0 Å². The second kappa shape index (κ2) is 10.2. The molecule has 0 aliphatic carbocycles. The minimum Gasteiger partial charge on any atom is -0.481 e. The van der Waals surface area contributed by atoms with E-state index in [0.29, 0.717) is 0 Å². The van der Waals surface area contributed by atoms with Gasteiger partial charge in [-0.1, -0.05) is 31.8 Å². The predicted octanol–water partition coefficient (Wildman–Crippen LogP) is 2.83. The number of carboxylic acids is 2. The molecule has 0 aliphatic rings. The number of unbranched alkanes of at least 4 members (excludes halogenated alkanes) is 6. The summed E-state index contributed by atoms with van der Waals surface area (Å²) in [5, 5.41) is 16.7. The number of rotatable bonds is 10. The summed E-state index contributed by atoms with van der Waals surface area (Å²) in [6.45, 7) is 0. The third kappa shape index (κ3) is 12.7. The molecule has 0 spiro atoms. The molecule has 92 valence electrons. The molecule has 0 unspecified atom stereocenters. The molecule has 0 fully saturated rings. The SMILES string of the molecule is O=C(O)/C=C/CCCCCCCCC(=O)O. The number of hydrogen-bond acceptors (Lipinski definition) is 2. The lowest BCUT2D eigenvalue weighted by atomic mass is 10.1. The molecule has 0 amide bonds. The van der Waals surface area contributed by atoms with Crippen LogP contribution in [-0.2, 0) is 9.59 Å². The Balaban J connectivity index is 3.10. The molecule has 0 saturated heterocycles. The highest BCUT2D eigenvalue weighted by molar-refractivity contribution is 5.79. The lowest BCUT2D eigenvalue weighted by molar-refractivity contribution is -0.137. The van der Waals surface area contributed by atoms with Crippen LogP contribution in [-0.4, -0.2) is 22.2 Å². The van der Waals surface area contributed by atoms with E-state index < -0.39 is 11.9 Å². The largest absolute Gasteiger partial charge is 0.481 e. The van der Waals surface area contributed by atoms with Gasteiger partial charge in [-0.25, -0.2) is 4.79 Å². The molecule has 0 atom stereocenters. The van der Waals surface area contributed by atoms with E-state index in [1.165, 1.54) is 6.08 Å². The fraction of sp³-hybridized carbons (Fsp3) is 0.667. The highest BCUT2D eigenvalue weighted by Gasteiger charge is 1.96. The first kappa shape index (κ1) is 14.7. The molecular formula is C12H20O4. The number of carbonyl (C=O) groups is 2. The van der Waals surface area contributed by atoms with Gasteiger partial charge < -0.3 is 10.2 Å². The van der Waals surface area contributed by atoms with E-state index >= 15 is 0 Å². The Morgan fingerprint density at radius 2 is 1.44 bits per heavy atom. The second-order valence-corrected chi connectivity index (χ2v) is 3.79. The van der Waals surface area contributed by atoms with Crippen molar-refractivity contribution in [3.05, 3.63) is 12.2 Å². The smallest absolute Gasteiger partial charge is 0.327 e. The zero-order valence-electron chi connectivity index (χ0n) is 9.52. The summed E-state index contributed by atoms with van der Waals surface area (Å²) in [7, 11) is 0. The van der Waals surface area contributed by atoms with Crippen LogP contribution < -0.4 is 0 Å². The maximum Gasteiger partial charge on any atom is 0.327 e. The van der Waals surface area contributed by atoms with Crippen LogP contribution in [0.5, 0.6) is 0 Å². The van der Waals surface area contributed by atoms with Gasteiger partial charge in [0, 0.05) is 12.5 Å². The number of allylic oxidation sites excluding steroid dienone is 1. The molecule has 0 radical (unpaired) electrons. The number of carboxylic acid groups (broad SMARTS) is 2. The zero-order chi connectivity index (χ0) is 12.2. The Kier molecular flexibility index (Phi) is 9.36. The number of aliphatic carboxylic acids is 2. The molecule has 0 rings (SSSR count). The van der Waals surface area contributed by atoms with Gasteiger partial charge in [-0.2, -0.15) is 0 Å². The van der Waals surface area contributed by atoms with Crippen molar-refractivity contribution in [3.8, 4) is 0 Å². The van der Waals surface area contributed by atoms with E-state index in [1.807, 2.05) is 0 Å². The van der Waals surface area contributed by atoms with Gasteiger partial charge in [0.25, 0.3) is 0 Å². The first-order chi connectivity index (χ1) is 7.63. The lowest BCUT2D eigenvalue weighted by Gasteiger charge is -1.98. The Morgan fingerprint density at radius 1 is 0.875 bits per heavy atom. The van der Waals surface area contributed by atoms with Crippen molar-refractivity contribution >= 4 is 11.9 Å². The van der Waals surface area contributed by atoms with Crippen molar-refractivity contribution in [2.75, 3.05) is 0 Å². The standard InChI is InChI=1S/C12H20O4/c13-11(14)9-7-5-3-1-2-4-6-8-10-12(15)16/h7,9H,1-6,8,10H2,(H,13,14)(H,15,16)/b9-7+. The van der Waals surface area contributed by atoms with Crippen molar-refractivity contribution in [1.82, 2.24) is 0 Å². The Bertz CT molecular complexity index is 233. The van der Waals surface area contributed by atoms with Gasteiger partial charge in [-0.15, -0.1) is 0 Å². The van der Waals surface area contributed by atoms with Gasteiger partial charge in [0.15, 0.2) is 0 Å². The van der Waals surface area contributed by atoms with Gasteiger partial charge >= 0.3 is 11.9 Å². The Labute approximate surface area is 96.0 Å². The van der Waals surface area contributed by atoms with E-state index in [1.54, 1.807) is 6.08 Å². The quantitative estimate of drug-likeness (QED) is 0.445. The van der Waals surface area contributed by atoms with Crippen LogP contribution >= 0.6 is 0 Å². The molecule has 4 nitrogen and oxygen atoms in total. The molecule has 2 N–H and O–H groups in total. The van der Waals surface area contributed by atoms with Crippen LogP contribution in [0.15, 0.2) is 12.2 Å². The van der Waals surface area contributed by atoms with E-state index in [0.717, 1.165) is 44.9 Å². The topological polar surface area (TPSA) is 74.6 Å². The van der Waals surface area contributed by atoms with Crippen LogP contribution in [0.4, 0.5) is 0 Å². The van der Waals surface area contributed by atoms with Crippen LogP contribution in [0, 0.1) is 0 Å². The van der Waals surface area contributed by atoms with E-state index in [9.17, 15) is 9.59 Å². The van der Waals surface area contributed by atoms with Crippen molar-refractivity contribution in [2.24, 2.45) is 0 Å². The average Bonchev–Trinajstić information content (AvgIpc) is 2.20. The van der Waals surface area contributed by atoms with Crippen molar-refractivity contribution in [2.45, 2.75) is 51.4 Å². The van der Waals surface area contributed by atoms with Crippen LogP contribution in [0.25, 0.3) is 0 Å². The third-order valence-corrected chi connectivity index (χ3v) is 2.27. The van der Waals surface area contributed by atoms with E-state index in [2.05, 4.69) is 0 Å². The monoisotopic (exact) mass is 228 g/mol. The summed E-state index contributed by atoms with van der Waals surface area (Å²) in [6, 6.07) is 0. The van der Waals surface area contributed by atoms with Crippen LogP contribution in [0.1, 0.15) is 51.4 Å². The Morgan fingerprint density at radius 3 is 2.00 bits per heavy atom. The summed E-state index contributed by atoms with van der Waals surface area (Å²) in [6.07, 6.45) is 9.89. The third-order valence-electron chi connectivity index (χ3n) is 2.27. The Hall–Kier alpha value is -1.32. The summed E-state index contributed by atoms with van der Waals surface area (Å²) in [5.41, 5.74) is 0. The predicted molar refractivity (Wildman–Crippen MR) is 61.3 cm³/mol. The normalized spacial score (nSPS) is 10.8. The minimum atomic E-state index is -0.895. The minimum absolute atomic E-state index is 0.265.